The van der Waals surface area contributed by atoms with E-state index < -0.39 is 6.71 Å². The van der Waals surface area contributed by atoms with E-state index >= 15 is 0 Å². The lowest BCUT2D eigenvalue weighted by Gasteiger charge is -1.81. The molecule has 0 unspecified atom stereocenters. The van der Waals surface area contributed by atoms with Gasteiger partial charge in [0.2, 0.25) is 6.33 Å². The van der Waals surface area contributed by atoms with E-state index in [1.54, 1.807) is 0 Å². The summed E-state index contributed by atoms with van der Waals surface area (Å²) in [5.41, 5.74) is 0. The summed E-state index contributed by atoms with van der Waals surface area (Å²) in [7, 11) is 2.02. The van der Waals surface area contributed by atoms with Crippen LogP contribution in [0.5, 0.6) is 0 Å². The highest BCUT2D eigenvalue weighted by atomic mass is 15.1. The molecule has 0 amide bonds. The highest BCUT2D eigenvalue weighted by Gasteiger charge is 2.08. The molecule has 1 rings (SSSR count). The Morgan fingerprint density at radius 3 is 2.00 bits per heavy atom. The molecule has 0 aliphatic heterocycles. The topological polar surface area (TPSA) is 80.2 Å². The molecule has 0 bridgehead atoms. The number of aromatic nitrogens is 2. The van der Waals surface area contributed by atoms with E-state index in [0.717, 1.165) is 6.54 Å². The van der Waals surface area contributed by atoms with Crippen LogP contribution in [0.3, 0.4) is 0 Å². The van der Waals surface area contributed by atoms with Crippen LogP contribution >= 0.6 is 0 Å². The molecule has 76 valence electrons. The van der Waals surface area contributed by atoms with Crippen molar-refractivity contribution in [3.05, 3.63) is 18.7 Å². The number of hydrogen-bond acceptors (Lipinski definition) is 3. The van der Waals surface area contributed by atoms with Crippen molar-refractivity contribution in [3.8, 4) is 17.9 Å². The number of aryl methyl sites for hydroxylation is 2. The summed E-state index contributed by atoms with van der Waals surface area (Å²) in [5.74, 6) is 4.44. The van der Waals surface area contributed by atoms with Crippen LogP contribution in [-0.4, -0.2) is 11.3 Å². The summed E-state index contributed by atoms with van der Waals surface area (Å²) in [6.45, 7) is 2.08. The summed E-state index contributed by atoms with van der Waals surface area (Å²) >= 11 is 0. The minimum Gasteiger partial charge on any atom is -1.00 e. The fourth-order valence-electron chi connectivity index (χ4n) is 0.775. The van der Waals surface area contributed by atoms with Gasteiger partial charge >= 0.3 is 6.71 Å². The predicted octanol–water partition coefficient (Wildman–Crippen LogP) is 0.115. The molecule has 0 fully saturated rings. The van der Waals surface area contributed by atoms with Crippen molar-refractivity contribution in [2.75, 3.05) is 0 Å². The third kappa shape index (κ3) is 5.13. The first kappa shape index (κ1) is 12.7. The van der Waals surface area contributed by atoms with Gasteiger partial charge in [-0.15, -0.1) is 0 Å². The van der Waals surface area contributed by atoms with Gasteiger partial charge in [0.1, 0.15) is 12.4 Å². The number of hydrogen-bond donors (Lipinski definition) is 0. The molecule has 0 N–H and O–H groups in total. The zero-order valence-corrected chi connectivity index (χ0v) is 8.75. The number of rotatable bonds is 1. The molecule has 0 saturated carbocycles. The maximum absolute atomic E-state index is 7.83. The van der Waals surface area contributed by atoms with Crippen LogP contribution in [-0.2, 0) is 13.6 Å². The quantitative estimate of drug-likeness (QED) is 0.477. The highest BCUT2D eigenvalue weighted by molar-refractivity contribution is 6.81. The molecule has 0 atom stereocenters. The molecule has 1 aromatic heterocycles. The molecule has 1 heterocycles. The first-order valence-corrected chi connectivity index (χ1v) is 4.37. The molecule has 0 aliphatic carbocycles. The van der Waals surface area contributed by atoms with E-state index in [-0.39, 0.29) is 1.43 Å². The van der Waals surface area contributed by atoms with E-state index in [0.29, 0.717) is 0 Å². The monoisotopic (exact) mass is 201 g/mol. The standard InChI is InChI=1S/C6H11N2.C3BN3.H/c1-3-8-5-4-7(2)6-8;5-1-4(2-6)3-7;/h4-6H,3H2,1-2H3;;/q+1;;-1. The normalized spacial score (nSPS) is 7.40. The number of nitriles is 3. The predicted molar refractivity (Wildman–Crippen MR) is 55.0 cm³/mol. The third-order valence-corrected chi connectivity index (χ3v) is 1.58. The molecule has 5 nitrogen and oxygen atoms in total. The van der Waals surface area contributed by atoms with E-state index in [9.17, 15) is 0 Å². The van der Waals surface area contributed by atoms with Crippen LogP contribution in [0.4, 0.5) is 0 Å². The van der Waals surface area contributed by atoms with E-state index in [1.807, 2.05) is 17.8 Å². The molecule has 1 aromatic rings. The maximum Gasteiger partial charge on any atom is 0.495 e. The minimum atomic E-state index is -1.10. The lowest BCUT2D eigenvalue weighted by atomic mass is 9.55. The largest absolute Gasteiger partial charge is 1.00 e. The average Bonchev–Trinajstić information content (AvgIpc) is 2.68. The minimum absolute atomic E-state index is 0. The van der Waals surface area contributed by atoms with Crippen molar-refractivity contribution >= 4 is 6.71 Å². The maximum atomic E-state index is 7.83. The lowest BCUT2D eigenvalue weighted by molar-refractivity contribution is -0.671. The van der Waals surface area contributed by atoms with Crippen LogP contribution in [0.15, 0.2) is 18.7 Å². The molecular weight excluding hydrogens is 189 g/mol. The molecule has 0 radical (unpaired) electrons. The Bertz CT molecular complexity index is 389. The summed E-state index contributed by atoms with van der Waals surface area (Å²) in [5, 5.41) is 23.5. The van der Waals surface area contributed by atoms with Crippen LogP contribution < -0.4 is 4.57 Å². The first-order valence-electron chi connectivity index (χ1n) is 4.37. The van der Waals surface area contributed by atoms with Crippen LogP contribution in [0.2, 0.25) is 0 Å². The molecule has 6 heteroatoms. The molecule has 0 aliphatic rings. The molecule has 0 aromatic carbocycles. The zero-order chi connectivity index (χ0) is 11.7. The molecule has 0 saturated heterocycles. The molecule has 0 spiro atoms. The van der Waals surface area contributed by atoms with Gasteiger partial charge in [0, 0.05) is 17.9 Å². The summed E-state index contributed by atoms with van der Waals surface area (Å²) < 4.78 is 4.16. The summed E-state index contributed by atoms with van der Waals surface area (Å²) in [6.07, 6.45) is 6.14. The Morgan fingerprint density at radius 2 is 1.87 bits per heavy atom. The van der Waals surface area contributed by atoms with Crippen molar-refractivity contribution in [2.45, 2.75) is 13.5 Å². The van der Waals surface area contributed by atoms with E-state index in [2.05, 4.69) is 24.0 Å². The molecular formula is C9H12BN5. The van der Waals surface area contributed by atoms with E-state index in [1.165, 1.54) is 17.9 Å². The van der Waals surface area contributed by atoms with Gasteiger partial charge in [-0.1, -0.05) is 0 Å². The van der Waals surface area contributed by atoms with Gasteiger partial charge in [0.25, 0.3) is 0 Å². The van der Waals surface area contributed by atoms with Crippen molar-refractivity contribution in [3.63, 3.8) is 0 Å². The van der Waals surface area contributed by atoms with Crippen molar-refractivity contribution in [1.29, 1.82) is 15.8 Å². The Morgan fingerprint density at radius 1 is 1.33 bits per heavy atom. The van der Waals surface area contributed by atoms with Gasteiger partial charge in [0.15, 0.2) is 0 Å². The second kappa shape index (κ2) is 7.18. The van der Waals surface area contributed by atoms with Gasteiger partial charge in [-0.25, -0.2) is 24.9 Å². The van der Waals surface area contributed by atoms with Gasteiger partial charge in [-0.05, 0) is 6.92 Å². The van der Waals surface area contributed by atoms with Gasteiger partial charge < -0.3 is 1.43 Å². The number of nitrogens with zero attached hydrogens (tertiary/aromatic N) is 5. The second-order valence-electron chi connectivity index (χ2n) is 2.73. The first-order chi connectivity index (χ1) is 7.17. The summed E-state index contributed by atoms with van der Waals surface area (Å²) in [6, 6.07) is 0. The van der Waals surface area contributed by atoms with Crippen LogP contribution in [0, 0.1) is 33.7 Å². The summed E-state index contributed by atoms with van der Waals surface area (Å²) in [4.78, 5) is 0. The van der Waals surface area contributed by atoms with Crippen molar-refractivity contribution in [1.82, 2.24) is 4.57 Å². The highest BCUT2D eigenvalue weighted by Crippen LogP contribution is 1.79. The van der Waals surface area contributed by atoms with Crippen molar-refractivity contribution in [2.24, 2.45) is 7.05 Å². The van der Waals surface area contributed by atoms with Crippen molar-refractivity contribution < 1.29 is 5.99 Å². The van der Waals surface area contributed by atoms with Crippen LogP contribution in [0.25, 0.3) is 0 Å². The van der Waals surface area contributed by atoms with Gasteiger partial charge in [-0.2, -0.15) is 0 Å². The Labute approximate surface area is 91.0 Å². The fraction of sp³-hybridized carbons (Fsp3) is 0.333. The fourth-order valence-corrected chi connectivity index (χ4v) is 0.775. The second-order valence-corrected chi connectivity index (χ2v) is 2.73. The third-order valence-electron chi connectivity index (χ3n) is 1.58. The van der Waals surface area contributed by atoms with E-state index in [4.69, 9.17) is 15.8 Å². The Kier molecular flexibility index (Phi) is 6.10. The van der Waals surface area contributed by atoms with Gasteiger partial charge in [0.05, 0.1) is 13.6 Å². The van der Waals surface area contributed by atoms with Crippen LogP contribution in [0.1, 0.15) is 8.35 Å². The molecule has 15 heavy (non-hydrogen) atoms. The zero-order valence-electron chi connectivity index (χ0n) is 9.75. The Hall–Kier alpha value is -2.26. The Balaban J connectivity index is 0. The number of imidazole rings is 1. The lowest BCUT2D eigenvalue weighted by Crippen LogP contribution is -2.23. The van der Waals surface area contributed by atoms with Gasteiger partial charge in [-0.3, -0.25) is 0 Å². The average molecular weight is 201 g/mol. The smallest absolute Gasteiger partial charge is 0.495 e. The SMILES string of the molecule is CCn1cc[n+](C)c1.N#CB(C#N)C#N.[H-].